The summed E-state index contributed by atoms with van der Waals surface area (Å²) in [6.07, 6.45) is 8.08. The van der Waals surface area contributed by atoms with Crippen molar-refractivity contribution in [2.24, 2.45) is 5.41 Å². The van der Waals surface area contributed by atoms with E-state index in [9.17, 15) is 23.5 Å². The highest BCUT2D eigenvalue weighted by Gasteiger charge is 2.66. The Hall–Kier alpha value is -2.58. The van der Waals surface area contributed by atoms with Crippen molar-refractivity contribution in [3.05, 3.63) is 58.7 Å². The van der Waals surface area contributed by atoms with Gasteiger partial charge in [-0.25, -0.2) is 13.8 Å². The monoisotopic (exact) mass is 503 g/mol. The summed E-state index contributed by atoms with van der Waals surface area (Å²) >= 11 is 5.81. The standard InChI is InChI=1S/C26H28ClF2N3O3/c27-18-10-20(29)23(30-11-18)32-13-22(33)31(12-17-5-7-19(28)8-6-17)21(24(32)34)4-2-1-3-9-25-14-26(35,15-25)16-25/h5-8,10-11,21,35H,1-4,9,12-16H2. The summed E-state index contributed by atoms with van der Waals surface area (Å²) in [4.78, 5) is 33.2. The topological polar surface area (TPSA) is 73.7 Å². The molecule has 4 fully saturated rings. The summed E-state index contributed by atoms with van der Waals surface area (Å²) in [6.45, 7) is -0.158. The van der Waals surface area contributed by atoms with E-state index in [4.69, 9.17) is 11.6 Å². The van der Waals surface area contributed by atoms with E-state index in [0.29, 0.717) is 17.4 Å². The quantitative estimate of drug-likeness (QED) is 0.507. The fraction of sp³-hybridized carbons (Fsp3) is 0.500. The third kappa shape index (κ3) is 4.78. The highest BCUT2D eigenvalue weighted by atomic mass is 35.5. The van der Waals surface area contributed by atoms with Gasteiger partial charge < -0.3 is 10.0 Å². The molecule has 2 amide bonds. The number of aromatic nitrogens is 1. The van der Waals surface area contributed by atoms with Crippen molar-refractivity contribution in [3.63, 3.8) is 0 Å². The Balaban J connectivity index is 1.28. The predicted octanol–water partition coefficient (Wildman–Crippen LogP) is 4.62. The summed E-state index contributed by atoms with van der Waals surface area (Å²) in [5.74, 6) is -2.05. The highest BCUT2D eigenvalue weighted by molar-refractivity contribution is 6.30. The molecule has 2 bridgehead atoms. The van der Waals surface area contributed by atoms with Crippen LogP contribution in [0.3, 0.4) is 0 Å². The number of rotatable bonds is 9. The number of nitrogens with zero attached hydrogens (tertiary/aromatic N) is 3. The molecule has 6 nitrogen and oxygen atoms in total. The molecule has 1 unspecified atom stereocenters. The molecule has 2 heterocycles. The van der Waals surface area contributed by atoms with Gasteiger partial charge in [0.2, 0.25) is 5.91 Å². The van der Waals surface area contributed by atoms with Gasteiger partial charge in [-0.15, -0.1) is 0 Å². The van der Waals surface area contributed by atoms with Crippen molar-refractivity contribution in [3.8, 4) is 0 Å². The minimum atomic E-state index is -0.770. The summed E-state index contributed by atoms with van der Waals surface area (Å²) in [7, 11) is 0. The second-order valence-corrected chi connectivity index (χ2v) is 10.8. The Labute approximate surface area is 207 Å². The Bertz CT molecular complexity index is 1120. The van der Waals surface area contributed by atoms with Crippen LogP contribution in [0.4, 0.5) is 14.6 Å². The molecule has 1 saturated heterocycles. The highest BCUT2D eigenvalue weighted by Crippen LogP contribution is 2.69. The van der Waals surface area contributed by atoms with Crippen LogP contribution < -0.4 is 4.90 Å². The fourth-order valence-corrected chi connectivity index (χ4v) is 6.20. The first-order chi connectivity index (χ1) is 16.7. The molecule has 1 aromatic heterocycles. The van der Waals surface area contributed by atoms with Gasteiger partial charge in [0.1, 0.15) is 18.4 Å². The van der Waals surface area contributed by atoms with Crippen LogP contribution in [0, 0.1) is 17.0 Å². The van der Waals surface area contributed by atoms with Gasteiger partial charge in [0.25, 0.3) is 5.91 Å². The van der Waals surface area contributed by atoms with Gasteiger partial charge in [0, 0.05) is 12.7 Å². The molecule has 1 aromatic carbocycles. The number of amides is 2. The minimum absolute atomic E-state index is 0.104. The van der Waals surface area contributed by atoms with Crippen molar-refractivity contribution in [1.82, 2.24) is 9.88 Å². The molecule has 3 saturated carbocycles. The van der Waals surface area contributed by atoms with E-state index in [1.54, 1.807) is 12.1 Å². The van der Waals surface area contributed by atoms with Gasteiger partial charge in [-0.2, -0.15) is 0 Å². The van der Waals surface area contributed by atoms with Crippen LogP contribution in [-0.2, 0) is 16.1 Å². The van der Waals surface area contributed by atoms with E-state index >= 15 is 0 Å². The Morgan fingerprint density at radius 1 is 1.09 bits per heavy atom. The van der Waals surface area contributed by atoms with Crippen LogP contribution in [0.25, 0.3) is 0 Å². The SMILES string of the molecule is O=C1C(CCCCCC23CC(O)(C2)C3)N(Cc2ccc(F)cc2)C(=O)CN1c1ncc(Cl)cc1F. The lowest BCUT2D eigenvalue weighted by Gasteiger charge is -2.68. The first-order valence-corrected chi connectivity index (χ1v) is 12.4. The summed E-state index contributed by atoms with van der Waals surface area (Å²) in [6, 6.07) is 6.13. The number of benzene rings is 1. The van der Waals surface area contributed by atoms with E-state index in [2.05, 4.69) is 4.98 Å². The van der Waals surface area contributed by atoms with E-state index < -0.39 is 17.5 Å². The van der Waals surface area contributed by atoms with Crippen molar-refractivity contribution < 1.29 is 23.5 Å². The number of aliphatic hydroxyl groups is 1. The van der Waals surface area contributed by atoms with Gasteiger partial charge >= 0.3 is 0 Å². The Morgan fingerprint density at radius 2 is 1.80 bits per heavy atom. The second-order valence-electron chi connectivity index (χ2n) is 10.4. The summed E-state index contributed by atoms with van der Waals surface area (Å²) in [5.41, 5.74) is 0.627. The molecular formula is C26H28ClF2N3O3. The Kier molecular flexibility index (Phi) is 6.30. The average Bonchev–Trinajstić information content (AvgIpc) is 2.77. The molecule has 0 radical (unpaired) electrons. The number of hydrogen-bond acceptors (Lipinski definition) is 4. The lowest BCUT2D eigenvalue weighted by molar-refractivity contribution is -0.262. The van der Waals surface area contributed by atoms with Crippen LogP contribution >= 0.6 is 11.6 Å². The molecule has 9 heteroatoms. The van der Waals surface area contributed by atoms with Gasteiger partial charge in [0.15, 0.2) is 11.6 Å². The average molecular weight is 504 g/mol. The smallest absolute Gasteiger partial charge is 0.251 e. The number of carbonyl (C=O) groups excluding carboxylic acids is 2. The third-order valence-corrected chi connectivity index (χ3v) is 7.85. The maximum atomic E-state index is 14.6. The molecule has 0 spiro atoms. The van der Waals surface area contributed by atoms with Gasteiger partial charge in [-0.3, -0.25) is 14.5 Å². The molecule has 1 aliphatic heterocycles. The van der Waals surface area contributed by atoms with Gasteiger partial charge in [0.05, 0.1) is 10.6 Å². The molecule has 186 valence electrons. The van der Waals surface area contributed by atoms with E-state index in [-0.39, 0.29) is 41.6 Å². The lowest BCUT2D eigenvalue weighted by atomic mass is 9.40. The van der Waals surface area contributed by atoms with Crippen LogP contribution in [0.2, 0.25) is 5.02 Å². The molecule has 1 N–H and O–H groups in total. The molecule has 35 heavy (non-hydrogen) atoms. The predicted molar refractivity (Wildman–Crippen MR) is 127 cm³/mol. The fourth-order valence-electron chi connectivity index (χ4n) is 6.06. The maximum Gasteiger partial charge on any atom is 0.251 e. The van der Waals surface area contributed by atoms with E-state index in [1.165, 1.54) is 23.2 Å². The van der Waals surface area contributed by atoms with Crippen molar-refractivity contribution >= 4 is 29.2 Å². The van der Waals surface area contributed by atoms with Crippen molar-refractivity contribution in [1.29, 1.82) is 0 Å². The van der Waals surface area contributed by atoms with Crippen LogP contribution in [0.5, 0.6) is 0 Å². The first-order valence-electron chi connectivity index (χ1n) is 12.1. The first kappa shape index (κ1) is 24.1. The number of carbonyl (C=O) groups is 2. The van der Waals surface area contributed by atoms with Crippen LogP contribution in [0.15, 0.2) is 36.5 Å². The zero-order valence-corrected chi connectivity index (χ0v) is 20.1. The van der Waals surface area contributed by atoms with Crippen molar-refractivity contribution in [2.75, 3.05) is 11.4 Å². The molecule has 4 aliphatic rings. The summed E-state index contributed by atoms with van der Waals surface area (Å²) in [5, 5.41) is 10.1. The number of anilines is 1. The summed E-state index contributed by atoms with van der Waals surface area (Å²) < 4.78 is 27.9. The van der Waals surface area contributed by atoms with Crippen LogP contribution in [0.1, 0.15) is 56.9 Å². The number of piperazine rings is 1. The second kappa shape index (κ2) is 9.13. The largest absolute Gasteiger partial charge is 0.390 e. The molecular weight excluding hydrogens is 476 g/mol. The third-order valence-electron chi connectivity index (χ3n) is 7.65. The van der Waals surface area contributed by atoms with Gasteiger partial charge in [-0.1, -0.05) is 43.0 Å². The maximum absolute atomic E-state index is 14.6. The molecule has 2 aromatic rings. The zero-order valence-electron chi connectivity index (χ0n) is 19.4. The van der Waals surface area contributed by atoms with Gasteiger partial charge in [-0.05, 0) is 61.3 Å². The van der Waals surface area contributed by atoms with Crippen molar-refractivity contribution in [2.45, 2.75) is 69.6 Å². The van der Waals surface area contributed by atoms with E-state index in [0.717, 1.165) is 55.9 Å². The van der Waals surface area contributed by atoms with E-state index in [1.807, 2.05) is 0 Å². The zero-order chi connectivity index (χ0) is 24.8. The number of hydrogen-bond donors (Lipinski definition) is 1. The number of unbranched alkanes of at least 4 members (excludes halogenated alkanes) is 2. The number of halogens is 3. The minimum Gasteiger partial charge on any atom is -0.390 e. The van der Waals surface area contributed by atoms with Crippen LogP contribution in [-0.4, -0.2) is 45.0 Å². The molecule has 6 rings (SSSR count). The molecule has 1 atom stereocenters. The Morgan fingerprint density at radius 3 is 2.46 bits per heavy atom. The normalized spacial score (nSPS) is 27.6. The number of pyridine rings is 1. The lowest BCUT2D eigenvalue weighted by Crippen LogP contribution is -2.66. The molecule has 3 aliphatic carbocycles.